The van der Waals surface area contributed by atoms with Gasteiger partial charge in [-0.15, -0.1) is 0 Å². The molecule has 192 valence electrons. The number of nitrogens with one attached hydrogen (secondary N) is 1. The van der Waals surface area contributed by atoms with Crippen molar-refractivity contribution in [3.8, 4) is 17.2 Å². The standard InChI is InChI=1S/C30H34N4O3/c1-19(2)22-7-9-23(10-8-22)31-30(35)34-15-14-33(18-21(34)4)29-25-17-24(36-5)11-13-27(25)37-28-16-20(3)6-12-26(28)32-29/h6-13,16-17,19,21H,14-15,18H2,1-5H3,(H,31,35). The molecule has 0 spiro atoms. The van der Waals surface area contributed by atoms with E-state index >= 15 is 0 Å². The predicted molar refractivity (Wildman–Crippen MR) is 148 cm³/mol. The maximum absolute atomic E-state index is 13.1. The van der Waals surface area contributed by atoms with E-state index in [0.29, 0.717) is 25.6 Å². The zero-order valence-electron chi connectivity index (χ0n) is 22.1. The first-order valence-electron chi connectivity index (χ1n) is 12.8. The Morgan fingerprint density at radius 3 is 2.54 bits per heavy atom. The molecule has 3 aromatic rings. The van der Waals surface area contributed by atoms with Crippen LogP contribution in [0.5, 0.6) is 17.2 Å². The number of amidine groups is 1. The third-order valence-corrected chi connectivity index (χ3v) is 7.01. The Morgan fingerprint density at radius 2 is 1.84 bits per heavy atom. The average molecular weight is 499 g/mol. The lowest BCUT2D eigenvalue weighted by molar-refractivity contribution is 0.145. The summed E-state index contributed by atoms with van der Waals surface area (Å²) < 4.78 is 11.8. The van der Waals surface area contributed by atoms with E-state index in [-0.39, 0.29) is 12.1 Å². The molecular formula is C30H34N4O3. The Bertz CT molecular complexity index is 1330. The molecule has 0 aliphatic carbocycles. The van der Waals surface area contributed by atoms with Gasteiger partial charge in [0.15, 0.2) is 5.75 Å². The maximum atomic E-state index is 13.1. The summed E-state index contributed by atoms with van der Waals surface area (Å²) in [7, 11) is 1.66. The van der Waals surface area contributed by atoms with Crippen molar-refractivity contribution in [3.05, 3.63) is 77.4 Å². The number of carbonyl (C=O) groups excluding carboxylic acids is 1. The molecule has 3 aromatic carbocycles. The van der Waals surface area contributed by atoms with Crippen LogP contribution >= 0.6 is 0 Å². The number of hydrogen-bond acceptors (Lipinski definition) is 5. The van der Waals surface area contributed by atoms with E-state index in [4.69, 9.17) is 14.5 Å². The molecule has 0 bridgehead atoms. The van der Waals surface area contributed by atoms with Gasteiger partial charge in [-0.3, -0.25) is 0 Å². The topological polar surface area (TPSA) is 66.4 Å². The van der Waals surface area contributed by atoms with Gasteiger partial charge in [0.1, 0.15) is 23.0 Å². The van der Waals surface area contributed by atoms with Gasteiger partial charge in [0.05, 0.1) is 12.7 Å². The number of aryl methyl sites for hydroxylation is 1. The molecule has 2 heterocycles. The van der Waals surface area contributed by atoms with Crippen molar-refractivity contribution in [2.75, 3.05) is 32.1 Å². The smallest absolute Gasteiger partial charge is 0.322 e. The first kappa shape index (κ1) is 24.7. The van der Waals surface area contributed by atoms with Gasteiger partial charge in [-0.1, -0.05) is 32.0 Å². The Labute approximate surface area is 218 Å². The second-order valence-electron chi connectivity index (χ2n) is 10.1. The molecule has 2 aliphatic rings. The molecule has 0 aromatic heterocycles. The van der Waals surface area contributed by atoms with Crippen LogP contribution in [0.25, 0.3) is 0 Å². The summed E-state index contributed by atoms with van der Waals surface area (Å²) in [5.74, 6) is 3.49. The van der Waals surface area contributed by atoms with Crippen LogP contribution < -0.4 is 14.8 Å². The Balaban J connectivity index is 1.38. The summed E-state index contributed by atoms with van der Waals surface area (Å²) in [6, 6.07) is 19.8. The average Bonchev–Trinajstić information content (AvgIpc) is 3.04. The van der Waals surface area contributed by atoms with E-state index in [2.05, 4.69) is 43.1 Å². The highest BCUT2D eigenvalue weighted by Crippen LogP contribution is 2.40. The van der Waals surface area contributed by atoms with Crippen molar-refractivity contribution >= 4 is 23.2 Å². The third-order valence-electron chi connectivity index (χ3n) is 7.01. The monoisotopic (exact) mass is 498 g/mol. The van der Waals surface area contributed by atoms with Crippen LogP contribution in [0.1, 0.15) is 43.4 Å². The Hall–Kier alpha value is -4.00. The van der Waals surface area contributed by atoms with Crippen LogP contribution in [0.4, 0.5) is 16.2 Å². The largest absolute Gasteiger partial charge is 0.497 e. The molecule has 2 amide bonds. The van der Waals surface area contributed by atoms with Crippen molar-refractivity contribution < 1.29 is 14.3 Å². The molecule has 1 N–H and O–H groups in total. The van der Waals surface area contributed by atoms with Crippen LogP contribution in [-0.4, -0.2) is 54.5 Å². The third kappa shape index (κ3) is 5.12. The van der Waals surface area contributed by atoms with Gasteiger partial charge in [-0.25, -0.2) is 9.79 Å². The number of methoxy groups -OCH3 is 1. The molecule has 1 atom stereocenters. The van der Waals surface area contributed by atoms with E-state index in [1.54, 1.807) is 7.11 Å². The van der Waals surface area contributed by atoms with Crippen molar-refractivity contribution in [2.24, 2.45) is 4.99 Å². The van der Waals surface area contributed by atoms with E-state index < -0.39 is 0 Å². The van der Waals surface area contributed by atoms with Crippen LogP contribution in [0.2, 0.25) is 0 Å². The van der Waals surface area contributed by atoms with Crippen LogP contribution in [0, 0.1) is 6.92 Å². The van der Waals surface area contributed by atoms with Gasteiger partial charge >= 0.3 is 6.03 Å². The minimum Gasteiger partial charge on any atom is -0.497 e. The van der Waals surface area contributed by atoms with Crippen LogP contribution in [-0.2, 0) is 0 Å². The zero-order valence-corrected chi connectivity index (χ0v) is 22.1. The predicted octanol–water partition coefficient (Wildman–Crippen LogP) is 6.55. The number of urea groups is 1. The van der Waals surface area contributed by atoms with Gasteiger partial charge in [0, 0.05) is 31.4 Å². The zero-order chi connectivity index (χ0) is 26.1. The number of aliphatic imine (C=N–C) groups is 1. The van der Waals surface area contributed by atoms with Gasteiger partial charge < -0.3 is 24.6 Å². The molecule has 2 aliphatic heterocycles. The summed E-state index contributed by atoms with van der Waals surface area (Å²) in [6.45, 7) is 10.3. The lowest BCUT2D eigenvalue weighted by Gasteiger charge is -2.41. The molecule has 7 nitrogen and oxygen atoms in total. The van der Waals surface area contributed by atoms with Crippen LogP contribution in [0.3, 0.4) is 0 Å². The SMILES string of the molecule is COc1ccc2c(c1)C(N1CCN(C(=O)Nc3ccc(C(C)C)cc3)C(C)C1)=Nc1ccc(C)cc1O2. The molecule has 37 heavy (non-hydrogen) atoms. The lowest BCUT2D eigenvalue weighted by atomic mass is 10.0. The van der Waals surface area contributed by atoms with Crippen molar-refractivity contribution in [1.29, 1.82) is 0 Å². The van der Waals surface area contributed by atoms with Gasteiger partial charge in [-0.05, 0) is 73.4 Å². The number of nitrogens with zero attached hydrogens (tertiary/aromatic N) is 3. The number of piperazine rings is 1. The number of anilines is 1. The van der Waals surface area contributed by atoms with Crippen molar-refractivity contribution in [3.63, 3.8) is 0 Å². The summed E-state index contributed by atoms with van der Waals surface area (Å²) in [5, 5.41) is 3.06. The Morgan fingerprint density at radius 1 is 1.05 bits per heavy atom. The van der Waals surface area contributed by atoms with E-state index in [1.165, 1.54) is 5.56 Å². The second kappa shape index (κ2) is 10.2. The summed E-state index contributed by atoms with van der Waals surface area (Å²) in [5.41, 5.74) is 4.83. The molecule has 1 unspecified atom stereocenters. The van der Waals surface area contributed by atoms with E-state index in [9.17, 15) is 4.79 Å². The minimum atomic E-state index is -0.0847. The first-order valence-corrected chi connectivity index (χ1v) is 12.8. The molecule has 1 fully saturated rings. The van der Waals surface area contributed by atoms with Crippen LogP contribution in [0.15, 0.2) is 65.7 Å². The second-order valence-corrected chi connectivity index (χ2v) is 10.1. The van der Waals surface area contributed by atoms with Crippen molar-refractivity contribution in [1.82, 2.24) is 9.80 Å². The number of fused-ring (bicyclic) bond motifs is 2. The molecule has 7 heteroatoms. The highest BCUT2D eigenvalue weighted by molar-refractivity contribution is 6.04. The fourth-order valence-corrected chi connectivity index (χ4v) is 4.83. The molecule has 5 rings (SSSR count). The number of ether oxygens (including phenoxy) is 2. The summed E-state index contributed by atoms with van der Waals surface area (Å²) in [6.07, 6.45) is 0. The number of rotatable bonds is 3. The Kier molecular flexibility index (Phi) is 6.78. The van der Waals surface area contributed by atoms with Gasteiger partial charge in [0.2, 0.25) is 0 Å². The first-order chi connectivity index (χ1) is 17.8. The number of carbonyl (C=O) groups is 1. The molecule has 0 saturated carbocycles. The fraction of sp³-hybridized carbons (Fsp3) is 0.333. The minimum absolute atomic E-state index is 0.0119. The van der Waals surface area contributed by atoms with Gasteiger partial charge in [0.25, 0.3) is 0 Å². The van der Waals surface area contributed by atoms with Gasteiger partial charge in [-0.2, -0.15) is 0 Å². The fourth-order valence-electron chi connectivity index (χ4n) is 4.83. The lowest BCUT2D eigenvalue weighted by Crippen LogP contribution is -2.56. The summed E-state index contributed by atoms with van der Waals surface area (Å²) >= 11 is 0. The quantitative estimate of drug-likeness (QED) is 0.445. The van der Waals surface area contributed by atoms with Crippen molar-refractivity contribution in [2.45, 2.75) is 39.7 Å². The summed E-state index contributed by atoms with van der Waals surface area (Å²) in [4.78, 5) is 22.3. The number of benzene rings is 3. The van der Waals surface area contributed by atoms with E-state index in [0.717, 1.165) is 45.6 Å². The highest BCUT2D eigenvalue weighted by Gasteiger charge is 2.32. The highest BCUT2D eigenvalue weighted by atomic mass is 16.5. The number of hydrogen-bond donors (Lipinski definition) is 1. The molecule has 0 radical (unpaired) electrons. The normalized spacial score (nSPS) is 16.8. The van der Waals surface area contributed by atoms with E-state index in [1.807, 2.05) is 60.4 Å². The molecular weight excluding hydrogens is 464 g/mol. The maximum Gasteiger partial charge on any atom is 0.322 e. The number of amides is 2. The molecule has 1 saturated heterocycles.